The van der Waals surface area contributed by atoms with Crippen LogP contribution < -0.4 is 24.3 Å². The summed E-state index contributed by atoms with van der Waals surface area (Å²) in [6.07, 6.45) is 5.01. The standard InChI is InChI=1S/C20H23NO4/c1-3-4-15(21-16-5-7-17(22-2)8-6-16)11-12-23-18-9-10-19-20(13-18)25-14-24-19/h3-10,13,15,21H,11-12,14H2,1-2H3/b4-3+. The Morgan fingerprint density at radius 1 is 1.08 bits per heavy atom. The van der Waals surface area contributed by atoms with E-state index >= 15 is 0 Å². The van der Waals surface area contributed by atoms with Crippen molar-refractivity contribution in [3.63, 3.8) is 0 Å². The van der Waals surface area contributed by atoms with Gasteiger partial charge in [-0.3, -0.25) is 0 Å². The number of hydrogen-bond acceptors (Lipinski definition) is 5. The van der Waals surface area contributed by atoms with E-state index in [2.05, 4.69) is 11.4 Å². The number of fused-ring (bicyclic) bond motifs is 1. The normalized spacial score (nSPS) is 13.7. The highest BCUT2D eigenvalue weighted by Crippen LogP contribution is 2.35. The molecule has 5 nitrogen and oxygen atoms in total. The van der Waals surface area contributed by atoms with E-state index in [4.69, 9.17) is 18.9 Å². The summed E-state index contributed by atoms with van der Waals surface area (Å²) in [5.41, 5.74) is 1.05. The lowest BCUT2D eigenvalue weighted by atomic mass is 10.2. The molecule has 2 aromatic rings. The summed E-state index contributed by atoms with van der Waals surface area (Å²) in [6, 6.07) is 13.7. The molecular weight excluding hydrogens is 318 g/mol. The number of nitrogens with one attached hydrogen (secondary N) is 1. The number of hydrogen-bond donors (Lipinski definition) is 1. The van der Waals surface area contributed by atoms with Gasteiger partial charge in [-0.25, -0.2) is 0 Å². The number of rotatable bonds is 8. The zero-order valence-electron chi connectivity index (χ0n) is 14.5. The largest absolute Gasteiger partial charge is 0.497 e. The molecule has 0 saturated heterocycles. The molecule has 1 aliphatic heterocycles. The van der Waals surface area contributed by atoms with Gasteiger partial charge in [0.25, 0.3) is 0 Å². The van der Waals surface area contributed by atoms with Gasteiger partial charge in [0.1, 0.15) is 11.5 Å². The van der Waals surface area contributed by atoms with Gasteiger partial charge in [-0.15, -0.1) is 0 Å². The summed E-state index contributed by atoms with van der Waals surface area (Å²) in [5.74, 6) is 3.13. The zero-order valence-corrected chi connectivity index (χ0v) is 14.5. The van der Waals surface area contributed by atoms with Gasteiger partial charge in [0.15, 0.2) is 11.5 Å². The number of allylic oxidation sites excluding steroid dienone is 1. The van der Waals surface area contributed by atoms with Gasteiger partial charge >= 0.3 is 0 Å². The Morgan fingerprint density at radius 2 is 1.84 bits per heavy atom. The van der Waals surface area contributed by atoms with Crippen molar-refractivity contribution in [1.82, 2.24) is 0 Å². The molecule has 25 heavy (non-hydrogen) atoms. The molecule has 2 aromatic carbocycles. The van der Waals surface area contributed by atoms with Gasteiger partial charge in [0.2, 0.25) is 6.79 Å². The van der Waals surface area contributed by atoms with Crippen LogP contribution in [-0.2, 0) is 0 Å². The van der Waals surface area contributed by atoms with Gasteiger partial charge in [-0.1, -0.05) is 12.2 Å². The molecular formula is C20H23NO4. The molecule has 1 N–H and O–H groups in total. The highest BCUT2D eigenvalue weighted by Gasteiger charge is 2.14. The first-order chi connectivity index (χ1) is 12.3. The Morgan fingerprint density at radius 3 is 2.60 bits per heavy atom. The summed E-state index contributed by atoms with van der Waals surface area (Å²) < 4.78 is 21.7. The molecule has 1 unspecified atom stereocenters. The van der Waals surface area contributed by atoms with E-state index in [0.717, 1.165) is 35.1 Å². The SMILES string of the molecule is C/C=C/C(CCOc1ccc2c(c1)OCO2)Nc1ccc(OC)cc1. The Bertz CT molecular complexity index is 712. The van der Waals surface area contributed by atoms with Crippen LogP contribution in [0.5, 0.6) is 23.0 Å². The second-order valence-corrected chi connectivity index (χ2v) is 5.66. The molecule has 0 saturated carbocycles. The molecule has 0 fully saturated rings. The minimum atomic E-state index is 0.187. The lowest BCUT2D eigenvalue weighted by molar-refractivity contribution is 0.173. The van der Waals surface area contributed by atoms with Gasteiger partial charge in [-0.2, -0.15) is 0 Å². The molecule has 0 aliphatic carbocycles. The number of benzene rings is 2. The van der Waals surface area contributed by atoms with Gasteiger partial charge < -0.3 is 24.3 Å². The summed E-state index contributed by atoms with van der Waals surface area (Å²) in [7, 11) is 1.67. The van der Waals surface area contributed by atoms with E-state index in [1.165, 1.54) is 0 Å². The molecule has 1 aliphatic rings. The van der Waals surface area contributed by atoms with Crippen molar-refractivity contribution in [2.75, 3.05) is 25.8 Å². The number of ether oxygens (including phenoxy) is 4. The molecule has 0 radical (unpaired) electrons. The van der Waals surface area contributed by atoms with Crippen molar-refractivity contribution >= 4 is 5.69 Å². The molecule has 0 spiro atoms. The van der Waals surface area contributed by atoms with E-state index in [1.54, 1.807) is 7.11 Å². The fourth-order valence-corrected chi connectivity index (χ4v) is 2.62. The van der Waals surface area contributed by atoms with Crippen LogP contribution in [0.25, 0.3) is 0 Å². The lowest BCUT2D eigenvalue weighted by Gasteiger charge is -2.17. The summed E-state index contributed by atoms with van der Waals surface area (Å²) in [5, 5.41) is 3.49. The quantitative estimate of drug-likeness (QED) is 0.728. The molecule has 5 heteroatoms. The highest BCUT2D eigenvalue weighted by molar-refractivity contribution is 5.48. The number of methoxy groups -OCH3 is 1. The molecule has 3 rings (SSSR count). The van der Waals surface area contributed by atoms with Crippen LogP contribution >= 0.6 is 0 Å². The third-order valence-corrected chi connectivity index (χ3v) is 3.91. The third kappa shape index (κ3) is 4.59. The van der Waals surface area contributed by atoms with Crippen molar-refractivity contribution in [2.45, 2.75) is 19.4 Å². The van der Waals surface area contributed by atoms with Crippen molar-refractivity contribution in [1.29, 1.82) is 0 Å². The predicted octanol–water partition coefficient (Wildman–Crippen LogP) is 4.25. The monoisotopic (exact) mass is 341 g/mol. The smallest absolute Gasteiger partial charge is 0.231 e. The first-order valence-corrected chi connectivity index (χ1v) is 8.34. The maximum Gasteiger partial charge on any atom is 0.231 e. The van der Waals surface area contributed by atoms with Gasteiger partial charge in [0, 0.05) is 24.2 Å². The van der Waals surface area contributed by atoms with E-state index in [1.807, 2.05) is 55.5 Å². The van der Waals surface area contributed by atoms with Crippen LogP contribution in [0.2, 0.25) is 0 Å². The average Bonchev–Trinajstić information content (AvgIpc) is 3.10. The first-order valence-electron chi connectivity index (χ1n) is 8.34. The van der Waals surface area contributed by atoms with Crippen molar-refractivity contribution in [3.05, 3.63) is 54.6 Å². The summed E-state index contributed by atoms with van der Waals surface area (Å²) in [6.45, 7) is 2.88. The second kappa shape index (κ2) is 8.33. The summed E-state index contributed by atoms with van der Waals surface area (Å²) >= 11 is 0. The topological polar surface area (TPSA) is 49.0 Å². The molecule has 0 bridgehead atoms. The Balaban J connectivity index is 1.53. The Labute approximate surface area is 148 Å². The predicted molar refractivity (Wildman–Crippen MR) is 97.9 cm³/mol. The van der Waals surface area contributed by atoms with Crippen LogP contribution in [-0.4, -0.2) is 26.6 Å². The van der Waals surface area contributed by atoms with Crippen molar-refractivity contribution < 1.29 is 18.9 Å². The van der Waals surface area contributed by atoms with Crippen molar-refractivity contribution in [2.24, 2.45) is 0 Å². The maximum atomic E-state index is 5.85. The van der Waals surface area contributed by atoms with E-state index in [-0.39, 0.29) is 12.8 Å². The van der Waals surface area contributed by atoms with Gasteiger partial charge in [-0.05, 0) is 43.3 Å². The minimum absolute atomic E-state index is 0.187. The second-order valence-electron chi connectivity index (χ2n) is 5.66. The third-order valence-electron chi connectivity index (χ3n) is 3.91. The molecule has 0 amide bonds. The fraction of sp³-hybridized carbons (Fsp3) is 0.300. The van der Waals surface area contributed by atoms with Gasteiger partial charge in [0.05, 0.1) is 13.7 Å². The maximum absolute atomic E-state index is 5.85. The lowest BCUT2D eigenvalue weighted by Crippen LogP contribution is -2.19. The molecule has 1 atom stereocenters. The summed E-state index contributed by atoms with van der Waals surface area (Å²) in [4.78, 5) is 0. The Hall–Kier alpha value is -2.82. The Kier molecular flexibility index (Phi) is 5.67. The minimum Gasteiger partial charge on any atom is -0.497 e. The fourth-order valence-electron chi connectivity index (χ4n) is 2.62. The highest BCUT2D eigenvalue weighted by atomic mass is 16.7. The van der Waals surface area contributed by atoms with Crippen LogP contribution in [0.4, 0.5) is 5.69 Å². The molecule has 0 aromatic heterocycles. The molecule has 1 heterocycles. The molecule has 132 valence electrons. The van der Waals surface area contributed by atoms with Crippen molar-refractivity contribution in [3.8, 4) is 23.0 Å². The van der Waals surface area contributed by atoms with E-state index in [9.17, 15) is 0 Å². The van der Waals surface area contributed by atoms with Crippen LogP contribution in [0.3, 0.4) is 0 Å². The van der Waals surface area contributed by atoms with E-state index in [0.29, 0.717) is 6.61 Å². The first kappa shape index (κ1) is 17.0. The average molecular weight is 341 g/mol. The van der Waals surface area contributed by atoms with Crippen LogP contribution in [0, 0.1) is 0 Å². The van der Waals surface area contributed by atoms with E-state index < -0.39 is 0 Å². The van der Waals surface area contributed by atoms with Crippen LogP contribution in [0.1, 0.15) is 13.3 Å². The zero-order chi connectivity index (χ0) is 17.5. The van der Waals surface area contributed by atoms with Crippen LogP contribution in [0.15, 0.2) is 54.6 Å². The number of anilines is 1.